The SMILES string of the molecule is c1ccc(OCCn2cnc(-c3ccccc3)c2-c2ccccc2)cc1. The van der Waals surface area contributed by atoms with Crippen LogP contribution in [0, 0.1) is 0 Å². The quantitative estimate of drug-likeness (QED) is 0.476. The van der Waals surface area contributed by atoms with Gasteiger partial charge in [0.25, 0.3) is 0 Å². The summed E-state index contributed by atoms with van der Waals surface area (Å²) in [5.74, 6) is 0.886. The molecule has 4 aromatic rings. The molecule has 3 nitrogen and oxygen atoms in total. The second-order valence-electron chi connectivity index (χ2n) is 6.03. The smallest absolute Gasteiger partial charge is 0.119 e. The summed E-state index contributed by atoms with van der Waals surface area (Å²) in [6.07, 6.45) is 1.90. The van der Waals surface area contributed by atoms with Crippen molar-refractivity contribution in [1.29, 1.82) is 0 Å². The molecular weight excluding hydrogens is 320 g/mol. The maximum absolute atomic E-state index is 5.87. The van der Waals surface area contributed by atoms with Gasteiger partial charge in [-0.25, -0.2) is 4.98 Å². The fraction of sp³-hybridized carbons (Fsp3) is 0.0870. The van der Waals surface area contributed by atoms with E-state index >= 15 is 0 Å². The second-order valence-corrected chi connectivity index (χ2v) is 6.03. The molecule has 0 radical (unpaired) electrons. The van der Waals surface area contributed by atoms with Crippen molar-refractivity contribution in [1.82, 2.24) is 9.55 Å². The third-order valence-electron chi connectivity index (χ3n) is 4.28. The summed E-state index contributed by atoms with van der Waals surface area (Å²) >= 11 is 0. The van der Waals surface area contributed by atoms with E-state index in [-0.39, 0.29) is 0 Å². The molecule has 0 aliphatic rings. The molecule has 0 fully saturated rings. The number of rotatable bonds is 6. The summed E-state index contributed by atoms with van der Waals surface area (Å²) in [6.45, 7) is 1.33. The van der Waals surface area contributed by atoms with Gasteiger partial charge in [0.1, 0.15) is 12.4 Å². The molecule has 0 saturated heterocycles. The maximum atomic E-state index is 5.87. The van der Waals surface area contributed by atoms with E-state index in [1.807, 2.05) is 60.9 Å². The molecule has 1 aromatic heterocycles. The van der Waals surface area contributed by atoms with Crippen molar-refractivity contribution < 1.29 is 4.74 Å². The average Bonchev–Trinajstić information content (AvgIpc) is 3.14. The highest BCUT2D eigenvalue weighted by Crippen LogP contribution is 2.31. The number of aromatic nitrogens is 2. The molecule has 3 heteroatoms. The summed E-state index contributed by atoms with van der Waals surface area (Å²) in [5.41, 5.74) is 4.39. The zero-order valence-electron chi connectivity index (χ0n) is 14.5. The Balaban J connectivity index is 1.63. The van der Waals surface area contributed by atoms with Gasteiger partial charge in [-0.05, 0) is 12.1 Å². The predicted octanol–water partition coefficient (Wildman–Crippen LogP) is 5.30. The Bertz CT molecular complexity index is 947. The number of imidazole rings is 1. The van der Waals surface area contributed by atoms with Crippen LogP contribution in [0.2, 0.25) is 0 Å². The van der Waals surface area contributed by atoms with E-state index in [1.54, 1.807) is 0 Å². The minimum absolute atomic E-state index is 0.592. The van der Waals surface area contributed by atoms with Crippen molar-refractivity contribution in [3.63, 3.8) is 0 Å². The molecule has 0 aliphatic heterocycles. The van der Waals surface area contributed by atoms with Crippen LogP contribution in [-0.4, -0.2) is 16.2 Å². The van der Waals surface area contributed by atoms with Crippen molar-refractivity contribution in [3.8, 4) is 28.3 Å². The molecule has 1 heterocycles. The van der Waals surface area contributed by atoms with Gasteiger partial charge in [0, 0.05) is 11.1 Å². The lowest BCUT2D eigenvalue weighted by Gasteiger charge is -2.12. The van der Waals surface area contributed by atoms with Crippen LogP contribution < -0.4 is 4.74 Å². The highest BCUT2D eigenvalue weighted by molar-refractivity contribution is 5.78. The number of nitrogens with zero attached hydrogens (tertiary/aromatic N) is 2. The second kappa shape index (κ2) is 7.70. The Labute approximate surface area is 153 Å². The van der Waals surface area contributed by atoms with Gasteiger partial charge < -0.3 is 9.30 Å². The van der Waals surface area contributed by atoms with Gasteiger partial charge in [0.2, 0.25) is 0 Å². The van der Waals surface area contributed by atoms with Crippen LogP contribution in [0.1, 0.15) is 0 Å². The Morgan fingerprint density at radius 2 is 1.27 bits per heavy atom. The number of para-hydroxylation sites is 1. The van der Waals surface area contributed by atoms with E-state index in [2.05, 4.69) is 41.0 Å². The number of hydrogen-bond donors (Lipinski definition) is 0. The molecule has 0 saturated carbocycles. The standard InChI is InChI=1S/C23H20N2O/c1-4-10-19(11-5-1)22-23(20-12-6-2-7-13-20)25(18-24-22)16-17-26-21-14-8-3-9-15-21/h1-15,18H,16-17H2. The lowest BCUT2D eigenvalue weighted by Crippen LogP contribution is -2.08. The highest BCUT2D eigenvalue weighted by atomic mass is 16.5. The molecular formula is C23H20N2O. The number of benzene rings is 3. The van der Waals surface area contributed by atoms with E-state index in [4.69, 9.17) is 9.72 Å². The summed E-state index contributed by atoms with van der Waals surface area (Å²) in [4.78, 5) is 4.70. The maximum Gasteiger partial charge on any atom is 0.119 e. The molecule has 0 atom stereocenters. The van der Waals surface area contributed by atoms with Crippen LogP contribution in [0.25, 0.3) is 22.5 Å². The van der Waals surface area contributed by atoms with Crippen LogP contribution in [0.4, 0.5) is 0 Å². The molecule has 4 rings (SSSR count). The molecule has 0 spiro atoms. The first-order valence-electron chi connectivity index (χ1n) is 8.75. The minimum Gasteiger partial charge on any atom is -0.492 e. The lowest BCUT2D eigenvalue weighted by atomic mass is 10.0. The van der Waals surface area contributed by atoms with Crippen LogP contribution in [-0.2, 0) is 6.54 Å². The van der Waals surface area contributed by atoms with Gasteiger partial charge in [-0.3, -0.25) is 0 Å². The predicted molar refractivity (Wildman–Crippen MR) is 105 cm³/mol. The fourth-order valence-electron chi connectivity index (χ4n) is 3.04. The van der Waals surface area contributed by atoms with Crippen molar-refractivity contribution in [2.45, 2.75) is 6.54 Å². The van der Waals surface area contributed by atoms with Gasteiger partial charge >= 0.3 is 0 Å². The Kier molecular flexibility index (Phi) is 4.79. The van der Waals surface area contributed by atoms with E-state index in [0.717, 1.165) is 34.8 Å². The summed E-state index contributed by atoms with van der Waals surface area (Å²) in [5, 5.41) is 0. The molecule has 0 amide bonds. The Morgan fingerprint density at radius 1 is 0.692 bits per heavy atom. The number of hydrogen-bond acceptors (Lipinski definition) is 2. The van der Waals surface area contributed by atoms with E-state index in [9.17, 15) is 0 Å². The first kappa shape index (κ1) is 16.2. The first-order valence-corrected chi connectivity index (χ1v) is 8.75. The molecule has 0 aliphatic carbocycles. The zero-order valence-corrected chi connectivity index (χ0v) is 14.5. The van der Waals surface area contributed by atoms with Crippen LogP contribution in [0.5, 0.6) is 5.75 Å². The zero-order chi connectivity index (χ0) is 17.6. The van der Waals surface area contributed by atoms with Gasteiger partial charge in [-0.15, -0.1) is 0 Å². The van der Waals surface area contributed by atoms with Gasteiger partial charge in [0.15, 0.2) is 0 Å². The Hall–Kier alpha value is -3.33. The highest BCUT2D eigenvalue weighted by Gasteiger charge is 2.14. The van der Waals surface area contributed by atoms with E-state index in [1.165, 1.54) is 0 Å². The van der Waals surface area contributed by atoms with Gasteiger partial charge in [-0.1, -0.05) is 78.9 Å². The van der Waals surface area contributed by atoms with E-state index in [0.29, 0.717) is 6.61 Å². The van der Waals surface area contributed by atoms with Crippen molar-refractivity contribution in [3.05, 3.63) is 97.3 Å². The topological polar surface area (TPSA) is 27.1 Å². The number of ether oxygens (including phenoxy) is 1. The lowest BCUT2D eigenvalue weighted by molar-refractivity contribution is 0.299. The van der Waals surface area contributed by atoms with E-state index < -0.39 is 0 Å². The van der Waals surface area contributed by atoms with Gasteiger partial charge in [0.05, 0.1) is 24.3 Å². The summed E-state index contributed by atoms with van der Waals surface area (Å²) in [6, 6.07) is 30.6. The molecule has 3 aromatic carbocycles. The van der Waals surface area contributed by atoms with Gasteiger partial charge in [-0.2, -0.15) is 0 Å². The molecule has 0 N–H and O–H groups in total. The largest absolute Gasteiger partial charge is 0.492 e. The normalized spacial score (nSPS) is 10.6. The van der Waals surface area contributed by atoms with Crippen molar-refractivity contribution in [2.24, 2.45) is 0 Å². The molecule has 26 heavy (non-hydrogen) atoms. The van der Waals surface area contributed by atoms with Crippen LogP contribution in [0.3, 0.4) is 0 Å². The molecule has 128 valence electrons. The van der Waals surface area contributed by atoms with Crippen LogP contribution in [0.15, 0.2) is 97.3 Å². The summed E-state index contributed by atoms with van der Waals surface area (Å²) < 4.78 is 8.03. The Morgan fingerprint density at radius 3 is 1.92 bits per heavy atom. The molecule has 0 unspecified atom stereocenters. The van der Waals surface area contributed by atoms with Crippen molar-refractivity contribution in [2.75, 3.05) is 6.61 Å². The first-order chi connectivity index (χ1) is 12.9. The minimum atomic E-state index is 0.592. The van der Waals surface area contributed by atoms with Crippen LogP contribution >= 0.6 is 0 Å². The monoisotopic (exact) mass is 340 g/mol. The average molecular weight is 340 g/mol. The third-order valence-corrected chi connectivity index (χ3v) is 4.28. The summed E-state index contributed by atoms with van der Waals surface area (Å²) in [7, 11) is 0. The van der Waals surface area contributed by atoms with Crippen molar-refractivity contribution >= 4 is 0 Å². The fourth-order valence-corrected chi connectivity index (χ4v) is 3.04. The molecule has 0 bridgehead atoms. The third kappa shape index (κ3) is 3.52.